The Bertz CT molecular complexity index is 771. The lowest BCUT2D eigenvalue weighted by Crippen LogP contribution is -2.53. The molecule has 2 aromatic rings. The number of fused-ring (bicyclic) bond motifs is 1. The van der Waals surface area contributed by atoms with E-state index in [1.54, 1.807) is 23.4 Å². The molecule has 3 rings (SSSR count). The van der Waals surface area contributed by atoms with Crippen molar-refractivity contribution in [2.45, 2.75) is 45.2 Å². The molecule has 0 saturated carbocycles. The van der Waals surface area contributed by atoms with Gasteiger partial charge in [-0.05, 0) is 45.7 Å². The zero-order chi connectivity index (χ0) is 18.0. The first kappa shape index (κ1) is 17.2. The van der Waals surface area contributed by atoms with Crippen LogP contribution in [0.5, 0.6) is 0 Å². The summed E-state index contributed by atoms with van der Waals surface area (Å²) >= 11 is 0. The number of piperidine rings is 1. The molecule has 2 aromatic heterocycles. The Morgan fingerprint density at radius 3 is 2.64 bits per heavy atom. The van der Waals surface area contributed by atoms with Crippen LogP contribution in [-0.2, 0) is 0 Å². The predicted molar refractivity (Wildman–Crippen MR) is 94.2 cm³/mol. The number of carbonyl (C=O) groups excluding carboxylic acids is 2. The lowest BCUT2D eigenvalue weighted by Gasteiger charge is -2.34. The number of rotatable bonds is 2. The molecular weight excluding hydrogens is 320 g/mol. The van der Waals surface area contributed by atoms with E-state index in [4.69, 9.17) is 0 Å². The Morgan fingerprint density at radius 2 is 1.96 bits per heavy atom. The highest BCUT2D eigenvalue weighted by molar-refractivity contribution is 5.94. The van der Waals surface area contributed by atoms with Gasteiger partial charge < -0.3 is 20.5 Å². The average molecular weight is 344 g/mol. The number of likely N-dealkylation sites (tertiary alicyclic amines) is 1. The minimum atomic E-state index is -0.251. The van der Waals surface area contributed by atoms with Crippen LogP contribution in [0.1, 0.15) is 44.1 Å². The largest absolute Gasteiger partial charge is 0.348 e. The molecule has 0 unspecified atom stereocenters. The second-order valence-electron chi connectivity index (χ2n) is 7.39. The van der Waals surface area contributed by atoms with Gasteiger partial charge in [-0.2, -0.15) is 0 Å². The normalized spacial score (nSPS) is 16.0. The zero-order valence-electron chi connectivity index (χ0n) is 14.8. The van der Waals surface area contributed by atoms with Crippen molar-refractivity contribution in [2.24, 2.45) is 0 Å². The summed E-state index contributed by atoms with van der Waals surface area (Å²) in [7, 11) is 0. The van der Waals surface area contributed by atoms with Crippen molar-refractivity contribution in [3.05, 3.63) is 24.2 Å². The van der Waals surface area contributed by atoms with Crippen molar-refractivity contribution in [1.82, 2.24) is 30.5 Å². The third kappa shape index (κ3) is 4.26. The number of aromatic amines is 1. The van der Waals surface area contributed by atoms with Crippen LogP contribution in [-0.4, -0.2) is 56.5 Å². The molecule has 0 spiro atoms. The third-order valence-electron chi connectivity index (χ3n) is 4.11. The van der Waals surface area contributed by atoms with Crippen molar-refractivity contribution in [3.63, 3.8) is 0 Å². The van der Waals surface area contributed by atoms with Gasteiger partial charge in [-0.3, -0.25) is 4.79 Å². The number of carbonyl (C=O) groups is 2. The second-order valence-corrected chi connectivity index (χ2v) is 7.39. The molecule has 0 aliphatic carbocycles. The molecule has 25 heavy (non-hydrogen) atoms. The van der Waals surface area contributed by atoms with E-state index in [2.05, 4.69) is 25.6 Å². The van der Waals surface area contributed by atoms with Crippen LogP contribution in [0.3, 0.4) is 0 Å². The van der Waals surface area contributed by atoms with E-state index >= 15 is 0 Å². The van der Waals surface area contributed by atoms with Gasteiger partial charge in [0.25, 0.3) is 5.91 Å². The number of hydrogen-bond acceptors (Lipinski definition) is 4. The first-order valence-electron chi connectivity index (χ1n) is 8.50. The number of urea groups is 1. The van der Waals surface area contributed by atoms with E-state index in [-0.39, 0.29) is 23.5 Å². The number of amides is 3. The van der Waals surface area contributed by atoms with Gasteiger partial charge in [0.2, 0.25) is 0 Å². The Balaban J connectivity index is 1.53. The van der Waals surface area contributed by atoms with E-state index in [0.29, 0.717) is 24.4 Å². The van der Waals surface area contributed by atoms with Gasteiger partial charge in [0.1, 0.15) is 5.69 Å². The summed E-state index contributed by atoms with van der Waals surface area (Å²) in [5, 5.41) is 5.97. The maximum absolute atomic E-state index is 12.4. The Hall–Kier alpha value is -2.64. The lowest BCUT2D eigenvalue weighted by atomic mass is 10.0. The van der Waals surface area contributed by atoms with Crippen molar-refractivity contribution in [2.75, 3.05) is 13.1 Å². The minimum Gasteiger partial charge on any atom is -0.348 e. The molecule has 3 N–H and O–H groups in total. The second kappa shape index (κ2) is 6.70. The molecule has 1 aliphatic heterocycles. The topological polar surface area (TPSA) is 103 Å². The van der Waals surface area contributed by atoms with Gasteiger partial charge in [-0.15, -0.1) is 0 Å². The molecular formula is C17H24N6O2. The highest BCUT2D eigenvalue weighted by Crippen LogP contribution is 2.13. The van der Waals surface area contributed by atoms with Crippen molar-refractivity contribution >= 4 is 23.1 Å². The highest BCUT2D eigenvalue weighted by atomic mass is 16.2. The van der Waals surface area contributed by atoms with Crippen molar-refractivity contribution < 1.29 is 9.59 Å². The van der Waals surface area contributed by atoms with Crippen LogP contribution in [0, 0.1) is 0 Å². The smallest absolute Gasteiger partial charge is 0.317 e. The molecule has 8 nitrogen and oxygen atoms in total. The van der Waals surface area contributed by atoms with Gasteiger partial charge >= 0.3 is 6.03 Å². The predicted octanol–water partition coefficient (Wildman–Crippen LogP) is 1.66. The summed E-state index contributed by atoms with van der Waals surface area (Å²) < 4.78 is 0. The molecule has 1 fully saturated rings. The molecule has 1 saturated heterocycles. The molecule has 134 valence electrons. The van der Waals surface area contributed by atoms with Crippen molar-refractivity contribution in [1.29, 1.82) is 0 Å². The van der Waals surface area contributed by atoms with E-state index < -0.39 is 0 Å². The molecule has 0 radical (unpaired) electrons. The number of imidazole rings is 1. The van der Waals surface area contributed by atoms with Gasteiger partial charge in [-0.1, -0.05) is 0 Å². The summed E-state index contributed by atoms with van der Waals surface area (Å²) in [4.78, 5) is 37.6. The molecule has 3 heterocycles. The first-order chi connectivity index (χ1) is 11.8. The fourth-order valence-electron chi connectivity index (χ4n) is 2.83. The van der Waals surface area contributed by atoms with E-state index in [1.807, 2.05) is 20.8 Å². The minimum absolute atomic E-state index is 0.0443. The number of nitrogens with zero attached hydrogens (tertiary/aromatic N) is 3. The molecule has 8 heteroatoms. The van der Waals surface area contributed by atoms with Crippen LogP contribution in [0.15, 0.2) is 18.5 Å². The highest BCUT2D eigenvalue weighted by Gasteiger charge is 2.26. The Kier molecular flexibility index (Phi) is 4.61. The number of H-pyrrole nitrogens is 1. The zero-order valence-corrected chi connectivity index (χ0v) is 14.8. The van der Waals surface area contributed by atoms with Crippen LogP contribution >= 0.6 is 0 Å². The molecule has 0 aromatic carbocycles. The standard InChI is InChI=1S/C17H24N6O2/c1-17(2,3)22-16(25)23-8-6-11(7-9-23)20-15(24)13-5-4-12-14(21-13)19-10-18-12/h4-5,10-11H,6-9H2,1-3H3,(H,20,24)(H,22,25)(H,18,19,21). The number of hydrogen-bond donors (Lipinski definition) is 3. The summed E-state index contributed by atoms with van der Waals surface area (Å²) in [5.74, 6) is -0.206. The maximum Gasteiger partial charge on any atom is 0.317 e. The SMILES string of the molecule is CC(C)(C)NC(=O)N1CCC(NC(=O)c2ccc3[nH]cnc3n2)CC1. The quantitative estimate of drug-likeness (QED) is 0.771. The maximum atomic E-state index is 12.4. The molecule has 0 atom stereocenters. The summed E-state index contributed by atoms with van der Waals surface area (Å²) in [5.41, 5.74) is 1.43. The van der Waals surface area contributed by atoms with E-state index in [9.17, 15) is 9.59 Å². The lowest BCUT2D eigenvalue weighted by molar-refractivity contribution is 0.0912. The van der Waals surface area contributed by atoms with Crippen LogP contribution in [0.2, 0.25) is 0 Å². The van der Waals surface area contributed by atoms with Crippen LogP contribution in [0.4, 0.5) is 4.79 Å². The first-order valence-corrected chi connectivity index (χ1v) is 8.50. The molecule has 3 amide bonds. The number of nitrogens with one attached hydrogen (secondary N) is 3. The number of aromatic nitrogens is 3. The van der Waals surface area contributed by atoms with E-state index in [0.717, 1.165) is 18.4 Å². The molecule has 0 bridgehead atoms. The monoisotopic (exact) mass is 344 g/mol. The van der Waals surface area contributed by atoms with E-state index in [1.165, 1.54) is 0 Å². The number of pyridine rings is 1. The third-order valence-corrected chi connectivity index (χ3v) is 4.11. The van der Waals surface area contributed by atoms with Gasteiger partial charge in [0, 0.05) is 24.7 Å². The summed E-state index contributed by atoms with van der Waals surface area (Å²) in [6.45, 7) is 7.13. The molecule has 1 aliphatic rings. The van der Waals surface area contributed by atoms with Crippen LogP contribution < -0.4 is 10.6 Å². The van der Waals surface area contributed by atoms with Gasteiger partial charge in [-0.25, -0.2) is 14.8 Å². The Labute approximate surface area is 146 Å². The fraction of sp³-hybridized carbons (Fsp3) is 0.529. The average Bonchev–Trinajstić information content (AvgIpc) is 3.01. The van der Waals surface area contributed by atoms with Gasteiger partial charge in [0.05, 0.1) is 11.8 Å². The van der Waals surface area contributed by atoms with Crippen LogP contribution in [0.25, 0.3) is 11.2 Å². The van der Waals surface area contributed by atoms with Crippen molar-refractivity contribution in [3.8, 4) is 0 Å². The Morgan fingerprint density at radius 1 is 1.24 bits per heavy atom. The fourth-order valence-corrected chi connectivity index (χ4v) is 2.83. The summed E-state index contributed by atoms with van der Waals surface area (Å²) in [6.07, 6.45) is 3.01. The van der Waals surface area contributed by atoms with Gasteiger partial charge in [0.15, 0.2) is 5.65 Å². The summed E-state index contributed by atoms with van der Waals surface area (Å²) in [6, 6.07) is 3.47.